The number of hydrogen-bond donors (Lipinski definition) is 2. The van der Waals surface area contributed by atoms with E-state index in [1.165, 1.54) is 17.8 Å². The molecule has 2 unspecified atom stereocenters. The third kappa shape index (κ3) is 3.76. The Morgan fingerprint density at radius 3 is 3.28 bits per heavy atom. The molecular weight excluding hydrogens is 248 g/mol. The Morgan fingerprint density at radius 1 is 1.78 bits per heavy atom. The number of amides is 1. The highest BCUT2D eigenvalue weighted by Crippen LogP contribution is 2.18. The molecule has 1 aliphatic heterocycles. The largest absolute Gasteiger partial charge is 0.328 e. The van der Waals surface area contributed by atoms with E-state index in [9.17, 15) is 4.79 Å². The molecule has 2 rings (SSSR count). The minimum Gasteiger partial charge on any atom is -0.328 e. The van der Waals surface area contributed by atoms with Gasteiger partial charge in [-0.25, -0.2) is 4.98 Å². The van der Waals surface area contributed by atoms with Gasteiger partial charge in [0.2, 0.25) is 5.91 Å². The van der Waals surface area contributed by atoms with Crippen molar-refractivity contribution in [3.8, 4) is 0 Å². The first-order valence-electron chi connectivity index (χ1n) is 6.32. The number of carbonyl (C=O) groups is 1. The van der Waals surface area contributed by atoms with E-state index >= 15 is 0 Å². The second-order valence-electron chi connectivity index (χ2n) is 4.88. The van der Waals surface area contributed by atoms with Crippen LogP contribution in [0.2, 0.25) is 0 Å². The summed E-state index contributed by atoms with van der Waals surface area (Å²) in [6.45, 7) is 4.38. The van der Waals surface area contributed by atoms with Gasteiger partial charge in [0.15, 0.2) is 5.13 Å². The molecule has 3 N–H and O–H groups in total. The zero-order valence-corrected chi connectivity index (χ0v) is 11.4. The molecule has 1 fully saturated rings. The molecule has 0 aliphatic carbocycles. The number of thiazole rings is 1. The molecule has 0 bridgehead atoms. The summed E-state index contributed by atoms with van der Waals surface area (Å²) in [5, 5.41) is 5.33. The summed E-state index contributed by atoms with van der Waals surface area (Å²) in [6, 6.07) is 0.204. The van der Waals surface area contributed by atoms with Gasteiger partial charge in [-0.05, 0) is 32.2 Å². The predicted octanol–water partition coefficient (Wildman–Crippen LogP) is 1.14. The van der Waals surface area contributed by atoms with E-state index in [0.29, 0.717) is 17.6 Å². The van der Waals surface area contributed by atoms with Crippen molar-refractivity contribution < 1.29 is 4.79 Å². The summed E-state index contributed by atoms with van der Waals surface area (Å²) in [4.78, 5) is 18.1. The number of nitrogens with one attached hydrogen (secondary N) is 1. The van der Waals surface area contributed by atoms with Gasteiger partial charge in [-0.1, -0.05) is 0 Å². The van der Waals surface area contributed by atoms with E-state index in [4.69, 9.17) is 5.73 Å². The van der Waals surface area contributed by atoms with Crippen LogP contribution in [0.15, 0.2) is 11.6 Å². The molecule has 0 saturated carbocycles. The van der Waals surface area contributed by atoms with Crippen LogP contribution in [-0.2, 0) is 4.79 Å². The summed E-state index contributed by atoms with van der Waals surface area (Å²) < 4.78 is 0. The fraction of sp³-hybridized carbons (Fsp3) is 0.667. The van der Waals surface area contributed by atoms with E-state index < -0.39 is 0 Å². The highest BCUT2D eigenvalue weighted by atomic mass is 32.1. The minimum atomic E-state index is 0.00951. The van der Waals surface area contributed by atoms with Gasteiger partial charge in [-0.15, -0.1) is 11.3 Å². The third-order valence-corrected chi connectivity index (χ3v) is 4.02. The summed E-state index contributed by atoms with van der Waals surface area (Å²) in [7, 11) is 0. The normalized spacial score (nSPS) is 22.7. The molecule has 1 aromatic heterocycles. The Balaban J connectivity index is 1.80. The maximum atomic E-state index is 11.8. The van der Waals surface area contributed by atoms with Crippen molar-refractivity contribution in [2.75, 3.05) is 25.0 Å². The molecular formula is C12H20N4OS. The van der Waals surface area contributed by atoms with Crippen LogP contribution in [0.25, 0.3) is 0 Å². The number of nitrogens with zero attached hydrogens (tertiary/aromatic N) is 2. The van der Waals surface area contributed by atoms with Crippen molar-refractivity contribution in [2.45, 2.75) is 25.8 Å². The van der Waals surface area contributed by atoms with Crippen LogP contribution in [0.4, 0.5) is 5.13 Å². The van der Waals surface area contributed by atoms with E-state index in [1.807, 2.05) is 12.3 Å². The van der Waals surface area contributed by atoms with Gasteiger partial charge in [0.1, 0.15) is 0 Å². The number of piperidine rings is 1. The van der Waals surface area contributed by atoms with Crippen LogP contribution in [0.5, 0.6) is 0 Å². The van der Waals surface area contributed by atoms with Crippen LogP contribution in [-0.4, -0.2) is 41.5 Å². The lowest BCUT2D eigenvalue weighted by Gasteiger charge is -2.34. The minimum absolute atomic E-state index is 0.00951. The second-order valence-corrected chi connectivity index (χ2v) is 5.78. The van der Waals surface area contributed by atoms with Crippen LogP contribution in [0.3, 0.4) is 0 Å². The molecule has 2 heterocycles. The zero-order valence-electron chi connectivity index (χ0n) is 10.6. The fourth-order valence-corrected chi connectivity index (χ4v) is 2.86. The average Bonchev–Trinajstić information content (AvgIpc) is 2.82. The molecule has 2 atom stereocenters. The van der Waals surface area contributed by atoms with Crippen LogP contribution >= 0.6 is 11.3 Å². The predicted molar refractivity (Wildman–Crippen MR) is 73.6 cm³/mol. The van der Waals surface area contributed by atoms with E-state index in [2.05, 4.69) is 15.2 Å². The maximum Gasteiger partial charge on any atom is 0.240 e. The van der Waals surface area contributed by atoms with Gasteiger partial charge in [0, 0.05) is 24.2 Å². The van der Waals surface area contributed by atoms with Crippen molar-refractivity contribution in [2.24, 2.45) is 11.7 Å². The summed E-state index contributed by atoms with van der Waals surface area (Å²) in [6.07, 6.45) is 3.98. The molecule has 18 heavy (non-hydrogen) atoms. The second kappa shape index (κ2) is 6.26. The number of hydrogen-bond acceptors (Lipinski definition) is 5. The molecule has 1 saturated heterocycles. The topological polar surface area (TPSA) is 71.2 Å². The molecule has 100 valence electrons. The smallest absolute Gasteiger partial charge is 0.240 e. The monoisotopic (exact) mass is 268 g/mol. The molecule has 5 nitrogen and oxygen atoms in total. The first kappa shape index (κ1) is 13.5. The number of aromatic nitrogens is 1. The fourth-order valence-electron chi connectivity index (χ4n) is 2.31. The SMILES string of the molecule is CC(N)C1CCCN(CC(=O)Nc2nccs2)C1. The van der Waals surface area contributed by atoms with Crippen LogP contribution in [0.1, 0.15) is 19.8 Å². The van der Waals surface area contributed by atoms with Crippen molar-refractivity contribution >= 4 is 22.4 Å². The molecule has 1 aromatic rings. The Bertz CT molecular complexity index is 379. The van der Waals surface area contributed by atoms with Gasteiger partial charge in [0.25, 0.3) is 0 Å². The highest BCUT2D eigenvalue weighted by Gasteiger charge is 2.23. The van der Waals surface area contributed by atoms with Gasteiger partial charge in [-0.3, -0.25) is 9.69 Å². The standard InChI is InChI=1S/C12H20N4OS/c1-9(13)10-3-2-5-16(7-10)8-11(17)15-12-14-4-6-18-12/h4,6,9-10H,2-3,5,7-8,13H2,1H3,(H,14,15,17). The average molecular weight is 268 g/mol. The molecule has 1 amide bonds. The number of carbonyl (C=O) groups excluding carboxylic acids is 1. The van der Waals surface area contributed by atoms with Crippen molar-refractivity contribution in [1.29, 1.82) is 0 Å². The molecule has 6 heteroatoms. The molecule has 0 aromatic carbocycles. The molecule has 1 aliphatic rings. The third-order valence-electron chi connectivity index (χ3n) is 3.33. The number of anilines is 1. The summed E-state index contributed by atoms with van der Waals surface area (Å²) in [5.41, 5.74) is 5.93. The zero-order chi connectivity index (χ0) is 13.0. The van der Waals surface area contributed by atoms with Crippen LogP contribution < -0.4 is 11.1 Å². The highest BCUT2D eigenvalue weighted by molar-refractivity contribution is 7.13. The summed E-state index contributed by atoms with van der Waals surface area (Å²) >= 11 is 1.44. The molecule has 0 spiro atoms. The van der Waals surface area contributed by atoms with Gasteiger partial charge in [0.05, 0.1) is 6.54 Å². The van der Waals surface area contributed by atoms with Crippen LogP contribution in [0, 0.1) is 5.92 Å². The number of rotatable bonds is 4. The van der Waals surface area contributed by atoms with Crippen molar-refractivity contribution in [3.63, 3.8) is 0 Å². The van der Waals surface area contributed by atoms with E-state index in [-0.39, 0.29) is 11.9 Å². The first-order valence-corrected chi connectivity index (χ1v) is 7.20. The van der Waals surface area contributed by atoms with Crippen molar-refractivity contribution in [3.05, 3.63) is 11.6 Å². The lowest BCUT2D eigenvalue weighted by atomic mass is 9.92. The Hall–Kier alpha value is -0.980. The van der Waals surface area contributed by atoms with Gasteiger partial charge < -0.3 is 11.1 Å². The van der Waals surface area contributed by atoms with E-state index in [1.54, 1.807) is 6.20 Å². The Morgan fingerprint density at radius 2 is 2.61 bits per heavy atom. The first-order chi connectivity index (χ1) is 8.65. The van der Waals surface area contributed by atoms with Gasteiger partial charge in [-0.2, -0.15) is 0 Å². The number of likely N-dealkylation sites (tertiary alicyclic amines) is 1. The lowest BCUT2D eigenvalue weighted by Crippen LogP contribution is -2.45. The Kier molecular flexibility index (Phi) is 4.68. The van der Waals surface area contributed by atoms with Crippen molar-refractivity contribution in [1.82, 2.24) is 9.88 Å². The maximum absolute atomic E-state index is 11.8. The quantitative estimate of drug-likeness (QED) is 0.859. The molecule has 0 radical (unpaired) electrons. The Labute approximate surface area is 111 Å². The lowest BCUT2D eigenvalue weighted by molar-refractivity contribution is -0.117. The summed E-state index contributed by atoms with van der Waals surface area (Å²) in [5.74, 6) is 0.515. The van der Waals surface area contributed by atoms with E-state index in [0.717, 1.165) is 19.5 Å². The van der Waals surface area contributed by atoms with Gasteiger partial charge >= 0.3 is 0 Å². The number of nitrogens with two attached hydrogens (primary N) is 1.